The molecular weight excluding hydrogens is 256 g/mol. The molecule has 0 saturated heterocycles. The van der Waals surface area contributed by atoms with Crippen molar-refractivity contribution in [2.45, 2.75) is 38.4 Å². The molecule has 0 aromatic heterocycles. The Morgan fingerprint density at radius 1 is 1.30 bits per heavy atom. The minimum absolute atomic E-state index is 0.0201. The van der Waals surface area contributed by atoms with Gasteiger partial charge in [-0.1, -0.05) is 6.07 Å². The number of rotatable bonds is 7. The largest absolute Gasteiger partial charge is 0.493 e. The number of benzene rings is 1. The molecule has 5 heteroatoms. The zero-order valence-corrected chi connectivity index (χ0v) is 12.2. The molecule has 5 nitrogen and oxygen atoms in total. The Bertz CT molecular complexity index is 472. The van der Waals surface area contributed by atoms with Crippen LogP contribution in [0.15, 0.2) is 18.2 Å². The Morgan fingerprint density at radius 3 is 2.60 bits per heavy atom. The highest BCUT2D eigenvalue weighted by Crippen LogP contribution is 2.27. The molecule has 2 N–H and O–H groups in total. The second kappa shape index (κ2) is 6.61. The predicted molar refractivity (Wildman–Crippen MR) is 77.0 cm³/mol. The van der Waals surface area contributed by atoms with Gasteiger partial charge in [0.2, 0.25) is 5.91 Å². The van der Waals surface area contributed by atoms with Crippen molar-refractivity contribution in [3.8, 4) is 11.5 Å². The quantitative estimate of drug-likeness (QED) is 0.793. The number of ether oxygens (including phenoxy) is 2. The lowest BCUT2D eigenvalue weighted by molar-refractivity contribution is -0.122. The van der Waals surface area contributed by atoms with Crippen molar-refractivity contribution in [1.82, 2.24) is 10.6 Å². The Balaban J connectivity index is 1.87. The van der Waals surface area contributed by atoms with Gasteiger partial charge in [-0.15, -0.1) is 0 Å². The summed E-state index contributed by atoms with van der Waals surface area (Å²) in [6.07, 6.45) is 2.35. The van der Waals surface area contributed by atoms with Crippen molar-refractivity contribution in [1.29, 1.82) is 0 Å². The fourth-order valence-corrected chi connectivity index (χ4v) is 2.01. The molecule has 1 amide bonds. The van der Waals surface area contributed by atoms with Crippen LogP contribution in [0.25, 0.3) is 0 Å². The van der Waals surface area contributed by atoms with E-state index in [1.54, 1.807) is 14.2 Å². The number of methoxy groups -OCH3 is 2. The zero-order valence-electron chi connectivity index (χ0n) is 12.2. The van der Waals surface area contributed by atoms with Gasteiger partial charge in [0, 0.05) is 12.6 Å². The Labute approximate surface area is 119 Å². The first-order chi connectivity index (χ1) is 9.63. The Morgan fingerprint density at radius 2 is 2.00 bits per heavy atom. The molecule has 110 valence electrons. The van der Waals surface area contributed by atoms with E-state index >= 15 is 0 Å². The minimum atomic E-state index is -0.150. The summed E-state index contributed by atoms with van der Waals surface area (Å²) in [6.45, 7) is 2.37. The van der Waals surface area contributed by atoms with Gasteiger partial charge in [-0.25, -0.2) is 0 Å². The smallest absolute Gasteiger partial charge is 0.237 e. The first-order valence-corrected chi connectivity index (χ1v) is 6.88. The maximum atomic E-state index is 11.9. The third kappa shape index (κ3) is 3.87. The molecule has 0 bridgehead atoms. The number of carbonyl (C=O) groups is 1. The molecule has 1 aliphatic rings. The molecule has 1 fully saturated rings. The molecule has 0 radical (unpaired) electrons. The van der Waals surface area contributed by atoms with Gasteiger partial charge in [0.25, 0.3) is 0 Å². The average molecular weight is 278 g/mol. The highest BCUT2D eigenvalue weighted by Gasteiger charge is 2.25. The van der Waals surface area contributed by atoms with Crippen LogP contribution in [0.3, 0.4) is 0 Å². The van der Waals surface area contributed by atoms with Crippen molar-refractivity contribution >= 4 is 5.91 Å². The fraction of sp³-hybridized carbons (Fsp3) is 0.533. The van der Waals surface area contributed by atoms with Crippen LogP contribution in [0.1, 0.15) is 25.3 Å². The SMILES string of the molecule is COc1ccc(CNC(=O)C(C)NC2CC2)cc1OC. The first-order valence-electron chi connectivity index (χ1n) is 6.88. The summed E-state index contributed by atoms with van der Waals surface area (Å²) in [5, 5.41) is 6.20. The lowest BCUT2D eigenvalue weighted by Gasteiger charge is -2.14. The van der Waals surface area contributed by atoms with Crippen molar-refractivity contribution in [2.24, 2.45) is 0 Å². The molecule has 0 spiro atoms. The third-order valence-corrected chi connectivity index (χ3v) is 3.37. The molecule has 1 aliphatic carbocycles. The van der Waals surface area contributed by atoms with Gasteiger partial charge in [0.05, 0.1) is 20.3 Å². The molecule has 20 heavy (non-hydrogen) atoms. The van der Waals surface area contributed by atoms with E-state index in [0.717, 1.165) is 5.56 Å². The second-order valence-electron chi connectivity index (χ2n) is 5.07. The summed E-state index contributed by atoms with van der Waals surface area (Å²) < 4.78 is 10.4. The van der Waals surface area contributed by atoms with Gasteiger partial charge in [-0.3, -0.25) is 4.79 Å². The van der Waals surface area contributed by atoms with E-state index in [4.69, 9.17) is 9.47 Å². The van der Waals surface area contributed by atoms with Crippen LogP contribution in [0.5, 0.6) is 11.5 Å². The van der Waals surface area contributed by atoms with Crippen LogP contribution in [-0.4, -0.2) is 32.2 Å². The number of amides is 1. The summed E-state index contributed by atoms with van der Waals surface area (Å²) in [5.74, 6) is 1.38. The molecule has 1 saturated carbocycles. The predicted octanol–water partition coefficient (Wildman–Crippen LogP) is 1.46. The van der Waals surface area contributed by atoms with Gasteiger partial charge in [-0.2, -0.15) is 0 Å². The fourth-order valence-electron chi connectivity index (χ4n) is 2.01. The maximum absolute atomic E-state index is 11.9. The van der Waals surface area contributed by atoms with Crippen LogP contribution < -0.4 is 20.1 Å². The summed E-state index contributed by atoms with van der Waals surface area (Å²) in [4.78, 5) is 11.9. The van der Waals surface area contributed by atoms with Gasteiger partial charge < -0.3 is 20.1 Å². The molecule has 1 aromatic rings. The molecule has 1 aromatic carbocycles. The van der Waals surface area contributed by atoms with E-state index in [1.807, 2.05) is 25.1 Å². The molecule has 1 unspecified atom stereocenters. The van der Waals surface area contributed by atoms with Crippen LogP contribution >= 0.6 is 0 Å². The maximum Gasteiger partial charge on any atom is 0.237 e. The summed E-state index contributed by atoms with van der Waals surface area (Å²) in [5.41, 5.74) is 0.981. The van der Waals surface area contributed by atoms with E-state index in [0.29, 0.717) is 24.1 Å². The summed E-state index contributed by atoms with van der Waals surface area (Å²) in [7, 11) is 3.20. The lowest BCUT2D eigenvalue weighted by Crippen LogP contribution is -2.42. The van der Waals surface area contributed by atoms with E-state index in [-0.39, 0.29) is 11.9 Å². The van der Waals surface area contributed by atoms with Crippen LogP contribution in [0.2, 0.25) is 0 Å². The highest BCUT2D eigenvalue weighted by atomic mass is 16.5. The number of nitrogens with one attached hydrogen (secondary N) is 2. The molecule has 2 rings (SSSR count). The van der Waals surface area contributed by atoms with Gasteiger partial charge >= 0.3 is 0 Å². The summed E-state index contributed by atoms with van der Waals surface area (Å²) in [6, 6.07) is 6.00. The van der Waals surface area contributed by atoms with Crippen LogP contribution in [-0.2, 0) is 11.3 Å². The third-order valence-electron chi connectivity index (χ3n) is 3.37. The van der Waals surface area contributed by atoms with E-state index < -0.39 is 0 Å². The standard InChI is InChI=1S/C15H22N2O3/c1-10(17-12-5-6-12)15(18)16-9-11-4-7-13(19-2)14(8-11)20-3/h4,7-8,10,12,17H,5-6,9H2,1-3H3,(H,16,18). The molecular formula is C15H22N2O3. The van der Waals surface area contributed by atoms with Crippen LogP contribution in [0.4, 0.5) is 0 Å². The topological polar surface area (TPSA) is 59.6 Å². The van der Waals surface area contributed by atoms with E-state index in [2.05, 4.69) is 10.6 Å². The van der Waals surface area contributed by atoms with Crippen molar-refractivity contribution < 1.29 is 14.3 Å². The van der Waals surface area contributed by atoms with Crippen LogP contribution in [0, 0.1) is 0 Å². The normalized spacial score (nSPS) is 15.6. The van der Waals surface area contributed by atoms with Gasteiger partial charge in [0.15, 0.2) is 11.5 Å². The second-order valence-corrected chi connectivity index (χ2v) is 5.07. The molecule has 0 aliphatic heterocycles. The van der Waals surface area contributed by atoms with Crippen molar-refractivity contribution in [3.05, 3.63) is 23.8 Å². The van der Waals surface area contributed by atoms with Crippen molar-refractivity contribution in [2.75, 3.05) is 14.2 Å². The average Bonchev–Trinajstić information content (AvgIpc) is 3.28. The highest BCUT2D eigenvalue weighted by molar-refractivity contribution is 5.81. The Hall–Kier alpha value is -1.75. The molecule has 1 atom stereocenters. The van der Waals surface area contributed by atoms with Gasteiger partial charge in [-0.05, 0) is 37.5 Å². The number of hydrogen-bond acceptors (Lipinski definition) is 4. The van der Waals surface area contributed by atoms with E-state index in [9.17, 15) is 4.79 Å². The Kier molecular flexibility index (Phi) is 4.84. The monoisotopic (exact) mass is 278 g/mol. The summed E-state index contributed by atoms with van der Waals surface area (Å²) >= 11 is 0. The number of hydrogen-bond donors (Lipinski definition) is 2. The van der Waals surface area contributed by atoms with Crippen molar-refractivity contribution in [3.63, 3.8) is 0 Å². The van der Waals surface area contributed by atoms with Gasteiger partial charge in [0.1, 0.15) is 0 Å². The first kappa shape index (κ1) is 14.7. The number of carbonyl (C=O) groups excluding carboxylic acids is 1. The minimum Gasteiger partial charge on any atom is -0.493 e. The zero-order chi connectivity index (χ0) is 14.5. The van der Waals surface area contributed by atoms with E-state index in [1.165, 1.54) is 12.8 Å². The lowest BCUT2D eigenvalue weighted by atomic mass is 10.2. The molecule has 0 heterocycles.